The summed E-state index contributed by atoms with van der Waals surface area (Å²) in [6.45, 7) is 3.64. The van der Waals surface area contributed by atoms with Crippen molar-refractivity contribution in [2.45, 2.75) is 26.4 Å². The van der Waals surface area contributed by atoms with E-state index in [1.54, 1.807) is 31.4 Å². The molecule has 0 aliphatic rings. The summed E-state index contributed by atoms with van der Waals surface area (Å²) in [7, 11) is 1.59. The van der Waals surface area contributed by atoms with E-state index in [1.807, 2.05) is 32.0 Å². The summed E-state index contributed by atoms with van der Waals surface area (Å²) in [4.78, 5) is 24.8. The van der Waals surface area contributed by atoms with Crippen molar-refractivity contribution in [3.8, 4) is 5.75 Å². The van der Waals surface area contributed by atoms with E-state index in [9.17, 15) is 9.59 Å². The predicted molar refractivity (Wildman–Crippen MR) is 98.1 cm³/mol. The fraction of sp³-hybridized carbons (Fsp3) is 0.263. The van der Waals surface area contributed by atoms with E-state index in [1.165, 1.54) is 0 Å². The Balaban J connectivity index is 1.78. The smallest absolute Gasteiger partial charge is 0.278 e. The lowest BCUT2D eigenvalue weighted by Crippen LogP contribution is -2.35. The molecule has 0 fully saturated rings. The summed E-state index contributed by atoms with van der Waals surface area (Å²) in [6.07, 6.45) is 0. The van der Waals surface area contributed by atoms with Crippen molar-refractivity contribution in [2.75, 3.05) is 7.11 Å². The van der Waals surface area contributed by atoms with E-state index in [0.717, 1.165) is 15.8 Å². The first kappa shape index (κ1) is 17.6. The maximum Gasteiger partial charge on any atom is 0.278 e. The number of fused-ring (bicyclic) bond motifs is 1. The lowest BCUT2D eigenvalue weighted by atomic mass is 10.0. The highest BCUT2D eigenvalue weighted by Gasteiger charge is 2.16. The molecule has 3 rings (SSSR count). The Morgan fingerprint density at radius 2 is 2.04 bits per heavy atom. The van der Waals surface area contributed by atoms with Crippen LogP contribution in [0.4, 0.5) is 0 Å². The van der Waals surface area contributed by atoms with Crippen LogP contribution in [0.1, 0.15) is 24.1 Å². The predicted octanol–water partition coefficient (Wildman–Crippen LogP) is 1.99. The van der Waals surface area contributed by atoms with Crippen molar-refractivity contribution in [1.29, 1.82) is 0 Å². The molecule has 7 heteroatoms. The average molecular weight is 352 g/mol. The molecule has 0 aliphatic carbocycles. The van der Waals surface area contributed by atoms with E-state index in [2.05, 4.69) is 15.6 Å². The van der Waals surface area contributed by atoms with E-state index in [0.29, 0.717) is 16.7 Å². The molecule has 3 aromatic rings. The van der Waals surface area contributed by atoms with Crippen molar-refractivity contribution < 1.29 is 9.53 Å². The summed E-state index contributed by atoms with van der Waals surface area (Å²) < 4.78 is 6.43. The molecule has 26 heavy (non-hydrogen) atoms. The number of hydrogen-bond acceptors (Lipinski definition) is 5. The number of aryl methyl sites for hydroxylation is 1. The minimum Gasteiger partial charge on any atom is -0.496 e. The molecule has 0 saturated carbocycles. The number of aromatic nitrogens is 3. The lowest BCUT2D eigenvalue weighted by Gasteiger charge is -2.18. The normalized spacial score (nSPS) is 12.0. The number of carbonyl (C=O) groups excluding carboxylic acids is 1. The van der Waals surface area contributed by atoms with Crippen LogP contribution in [0, 0.1) is 6.92 Å². The van der Waals surface area contributed by atoms with Crippen molar-refractivity contribution in [3.63, 3.8) is 0 Å². The van der Waals surface area contributed by atoms with Crippen molar-refractivity contribution in [1.82, 2.24) is 20.3 Å². The highest BCUT2D eigenvalue weighted by atomic mass is 16.5. The summed E-state index contributed by atoms with van der Waals surface area (Å²) in [5.74, 6) is 0.374. The molecular weight excluding hydrogens is 332 g/mol. The minimum absolute atomic E-state index is 0.199. The van der Waals surface area contributed by atoms with Gasteiger partial charge in [0.15, 0.2) is 0 Å². The van der Waals surface area contributed by atoms with Gasteiger partial charge in [0.25, 0.3) is 5.56 Å². The lowest BCUT2D eigenvalue weighted by molar-refractivity contribution is -0.122. The maximum absolute atomic E-state index is 12.4. The summed E-state index contributed by atoms with van der Waals surface area (Å²) in [5.41, 5.74) is 2.11. The molecular formula is C19H20N4O3. The second-order valence-corrected chi connectivity index (χ2v) is 6.10. The van der Waals surface area contributed by atoms with Gasteiger partial charge in [-0.3, -0.25) is 9.59 Å². The zero-order chi connectivity index (χ0) is 18.7. The summed E-state index contributed by atoms with van der Waals surface area (Å²) in [6, 6.07) is 12.4. The Bertz CT molecular complexity index is 1010. The molecule has 7 nitrogen and oxygen atoms in total. The van der Waals surface area contributed by atoms with Gasteiger partial charge in [-0.1, -0.05) is 35.0 Å². The fourth-order valence-corrected chi connectivity index (χ4v) is 2.82. The van der Waals surface area contributed by atoms with Gasteiger partial charge in [-0.15, -0.1) is 5.10 Å². The van der Waals surface area contributed by atoms with Gasteiger partial charge in [-0.2, -0.15) is 0 Å². The Morgan fingerprint density at radius 3 is 2.81 bits per heavy atom. The van der Waals surface area contributed by atoms with E-state index < -0.39 is 0 Å². The number of amides is 1. The Morgan fingerprint density at radius 1 is 1.27 bits per heavy atom. The second-order valence-electron chi connectivity index (χ2n) is 6.10. The van der Waals surface area contributed by atoms with Crippen LogP contribution >= 0.6 is 0 Å². The Labute approximate surface area is 150 Å². The van der Waals surface area contributed by atoms with E-state index in [4.69, 9.17) is 4.74 Å². The molecule has 0 bridgehead atoms. The van der Waals surface area contributed by atoms with Crippen LogP contribution in [-0.2, 0) is 11.3 Å². The standard InChI is InChI=1S/C19H20N4O3/c1-12-8-9-17(26-3)15(10-12)13(2)20-18(24)11-23-19(25)14-6-4-5-7-16(14)21-22-23/h4-10,13H,11H2,1-3H3,(H,20,24). The molecule has 0 radical (unpaired) electrons. The van der Waals surface area contributed by atoms with Crippen LogP contribution in [0.2, 0.25) is 0 Å². The van der Waals surface area contributed by atoms with Gasteiger partial charge in [0.1, 0.15) is 17.8 Å². The van der Waals surface area contributed by atoms with E-state index in [-0.39, 0.29) is 24.1 Å². The number of methoxy groups -OCH3 is 1. The van der Waals surface area contributed by atoms with Crippen LogP contribution in [-0.4, -0.2) is 28.0 Å². The van der Waals surface area contributed by atoms with Crippen molar-refractivity contribution in [3.05, 3.63) is 63.9 Å². The largest absolute Gasteiger partial charge is 0.496 e. The summed E-state index contributed by atoms with van der Waals surface area (Å²) >= 11 is 0. The van der Waals surface area contributed by atoms with Crippen molar-refractivity contribution >= 4 is 16.8 Å². The highest BCUT2D eigenvalue weighted by Crippen LogP contribution is 2.25. The minimum atomic E-state index is -0.341. The fourth-order valence-electron chi connectivity index (χ4n) is 2.82. The van der Waals surface area contributed by atoms with Gasteiger partial charge >= 0.3 is 0 Å². The number of rotatable bonds is 5. The van der Waals surface area contributed by atoms with Crippen LogP contribution in [0.5, 0.6) is 5.75 Å². The number of carbonyl (C=O) groups is 1. The third-order valence-corrected chi connectivity index (χ3v) is 4.15. The van der Waals surface area contributed by atoms with Gasteiger partial charge in [-0.25, -0.2) is 4.68 Å². The second kappa shape index (κ2) is 7.35. The van der Waals surface area contributed by atoms with Crippen LogP contribution in [0.3, 0.4) is 0 Å². The van der Waals surface area contributed by atoms with Gasteiger partial charge in [-0.05, 0) is 32.0 Å². The molecule has 1 atom stereocenters. The zero-order valence-electron chi connectivity index (χ0n) is 14.9. The number of benzene rings is 2. The molecule has 2 aromatic carbocycles. The topological polar surface area (TPSA) is 86.1 Å². The number of ether oxygens (including phenoxy) is 1. The molecule has 0 saturated heterocycles. The molecule has 1 N–H and O–H groups in total. The maximum atomic E-state index is 12.4. The average Bonchev–Trinajstić information content (AvgIpc) is 2.64. The highest BCUT2D eigenvalue weighted by molar-refractivity contribution is 5.78. The first-order chi connectivity index (χ1) is 12.5. The third-order valence-electron chi connectivity index (χ3n) is 4.15. The molecule has 1 aromatic heterocycles. The van der Waals surface area contributed by atoms with E-state index >= 15 is 0 Å². The number of nitrogens with zero attached hydrogens (tertiary/aromatic N) is 3. The number of nitrogens with one attached hydrogen (secondary N) is 1. The Hall–Kier alpha value is -3.22. The molecule has 1 unspecified atom stereocenters. The van der Waals surface area contributed by atoms with Crippen molar-refractivity contribution in [2.24, 2.45) is 0 Å². The third kappa shape index (κ3) is 3.56. The molecule has 1 amide bonds. The summed E-state index contributed by atoms with van der Waals surface area (Å²) in [5, 5.41) is 11.1. The van der Waals surface area contributed by atoms with Gasteiger partial charge in [0.2, 0.25) is 5.91 Å². The first-order valence-corrected chi connectivity index (χ1v) is 8.26. The quantitative estimate of drug-likeness (QED) is 0.759. The Kier molecular flexibility index (Phi) is 4.97. The van der Waals surface area contributed by atoms with Crippen LogP contribution in [0.25, 0.3) is 10.9 Å². The number of hydrogen-bond donors (Lipinski definition) is 1. The SMILES string of the molecule is COc1ccc(C)cc1C(C)NC(=O)Cn1nnc2ccccc2c1=O. The zero-order valence-corrected chi connectivity index (χ0v) is 14.9. The molecule has 0 spiro atoms. The monoisotopic (exact) mass is 352 g/mol. The molecule has 0 aliphatic heterocycles. The van der Waals surface area contributed by atoms with Crippen LogP contribution < -0.4 is 15.6 Å². The van der Waals surface area contributed by atoms with Gasteiger partial charge < -0.3 is 10.1 Å². The van der Waals surface area contributed by atoms with Gasteiger partial charge in [0, 0.05) is 5.56 Å². The molecule has 1 heterocycles. The van der Waals surface area contributed by atoms with Crippen LogP contribution in [0.15, 0.2) is 47.3 Å². The first-order valence-electron chi connectivity index (χ1n) is 8.26. The molecule has 134 valence electrons. The van der Waals surface area contributed by atoms with Gasteiger partial charge in [0.05, 0.1) is 18.5 Å².